The Morgan fingerprint density at radius 3 is 2.30 bits per heavy atom. The van der Waals surface area contributed by atoms with Crippen LogP contribution in [0.1, 0.15) is 43.4 Å². The SMILES string of the molecule is CC(C(=O)Nc1ccc(C(F)(F)F)nc1N1CCCCC1)c1ccc(NS(C)(=O)=O)c(F)c1. The number of hydrogen-bond donors (Lipinski definition) is 2. The van der Waals surface area contributed by atoms with Gasteiger partial charge in [-0.2, -0.15) is 13.2 Å². The molecule has 2 N–H and O–H groups in total. The molecule has 3 rings (SSSR count). The molecule has 0 spiro atoms. The van der Waals surface area contributed by atoms with E-state index in [1.165, 1.54) is 25.1 Å². The Kier molecular flexibility index (Phi) is 7.15. The lowest BCUT2D eigenvalue weighted by atomic mass is 9.99. The van der Waals surface area contributed by atoms with Crippen molar-refractivity contribution in [1.82, 2.24) is 4.98 Å². The van der Waals surface area contributed by atoms with Crippen LogP contribution in [0, 0.1) is 5.82 Å². The standard InChI is InChI=1S/C21H24F4N4O3S/c1-13(14-6-7-16(15(22)12-14)28-33(2,31)32)20(30)26-17-8-9-18(21(23,24)25)27-19(17)29-10-4-3-5-11-29/h6-9,12-13,28H,3-5,10-11H2,1-2H3,(H,26,30). The van der Waals surface area contributed by atoms with Crippen LogP contribution < -0.4 is 14.9 Å². The monoisotopic (exact) mass is 488 g/mol. The van der Waals surface area contributed by atoms with Crippen LogP contribution in [0.4, 0.5) is 34.8 Å². The molecule has 12 heteroatoms. The molecule has 1 unspecified atom stereocenters. The fraction of sp³-hybridized carbons (Fsp3) is 0.429. The van der Waals surface area contributed by atoms with Gasteiger partial charge < -0.3 is 10.2 Å². The largest absolute Gasteiger partial charge is 0.433 e. The number of piperidine rings is 1. The second-order valence-electron chi connectivity index (χ2n) is 7.94. The van der Waals surface area contributed by atoms with Crippen LogP contribution in [0.5, 0.6) is 0 Å². The molecule has 1 saturated heterocycles. The number of pyridine rings is 1. The number of alkyl halides is 3. The molecule has 1 aliphatic rings. The van der Waals surface area contributed by atoms with E-state index in [9.17, 15) is 30.8 Å². The van der Waals surface area contributed by atoms with Crippen molar-refractivity contribution in [3.8, 4) is 0 Å². The van der Waals surface area contributed by atoms with Crippen molar-refractivity contribution >= 4 is 33.1 Å². The van der Waals surface area contributed by atoms with Crippen LogP contribution in [0.25, 0.3) is 0 Å². The number of carbonyl (C=O) groups is 1. The number of benzene rings is 1. The van der Waals surface area contributed by atoms with E-state index in [0.717, 1.165) is 37.7 Å². The van der Waals surface area contributed by atoms with Crippen molar-refractivity contribution in [1.29, 1.82) is 0 Å². The van der Waals surface area contributed by atoms with Gasteiger partial charge in [-0.3, -0.25) is 9.52 Å². The van der Waals surface area contributed by atoms with Crippen molar-refractivity contribution in [2.75, 3.05) is 34.3 Å². The summed E-state index contributed by atoms with van der Waals surface area (Å²) in [4.78, 5) is 18.3. The second kappa shape index (κ2) is 9.54. The first-order valence-corrected chi connectivity index (χ1v) is 12.2. The molecule has 33 heavy (non-hydrogen) atoms. The van der Waals surface area contributed by atoms with E-state index in [1.54, 1.807) is 4.90 Å². The molecule has 0 radical (unpaired) electrons. The lowest BCUT2D eigenvalue weighted by Crippen LogP contribution is -2.32. The topological polar surface area (TPSA) is 91.4 Å². The number of nitrogens with one attached hydrogen (secondary N) is 2. The molecule has 1 amide bonds. The van der Waals surface area contributed by atoms with Gasteiger partial charge in [0, 0.05) is 13.1 Å². The lowest BCUT2D eigenvalue weighted by molar-refractivity contribution is -0.141. The number of hydrogen-bond acceptors (Lipinski definition) is 5. The molecule has 1 aromatic carbocycles. The van der Waals surface area contributed by atoms with Gasteiger partial charge in [-0.05, 0) is 56.0 Å². The molecule has 1 aromatic heterocycles. The molecule has 2 aromatic rings. The average molecular weight is 489 g/mol. The van der Waals surface area contributed by atoms with Gasteiger partial charge >= 0.3 is 6.18 Å². The summed E-state index contributed by atoms with van der Waals surface area (Å²) in [6, 6.07) is 5.61. The van der Waals surface area contributed by atoms with Gasteiger partial charge in [0.15, 0.2) is 5.82 Å². The first kappa shape index (κ1) is 24.7. The third-order valence-corrected chi connectivity index (χ3v) is 5.85. The van der Waals surface area contributed by atoms with Gasteiger partial charge in [0.1, 0.15) is 11.5 Å². The minimum atomic E-state index is -4.63. The zero-order valence-electron chi connectivity index (χ0n) is 18.0. The smallest absolute Gasteiger partial charge is 0.355 e. The highest BCUT2D eigenvalue weighted by atomic mass is 32.2. The zero-order chi connectivity index (χ0) is 24.4. The third-order valence-electron chi connectivity index (χ3n) is 5.26. The van der Waals surface area contributed by atoms with E-state index in [4.69, 9.17) is 0 Å². The van der Waals surface area contributed by atoms with Crippen LogP contribution in [-0.4, -0.2) is 38.7 Å². The van der Waals surface area contributed by atoms with Crippen LogP contribution in [0.15, 0.2) is 30.3 Å². The number of halogens is 4. The van der Waals surface area contributed by atoms with Crippen LogP contribution in [-0.2, 0) is 21.0 Å². The summed E-state index contributed by atoms with van der Waals surface area (Å²) < 4.78 is 78.6. The van der Waals surface area contributed by atoms with Gasteiger partial charge in [0.25, 0.3) is 0 Å². The maximum absolute atomic E-state index is 14.3. The maximum Gasteiger partial charge on any atom is 0.433 e. The Morgan fingerprint density at radius 2 is 1.73 bits per heavy atom. The van der Waals surface area contributed by atoms with Crippen LogP contribution in [0.2, 0.25) is 0 Å². The summed E-state index contributed by atoms with van der Waals surface area (Å²) in [7, 11) is -3.68. The van der Waals surface area contributed by atoms with Crippen LogP contribution >= 0.6 is 0 Å². The summed E-state index contributed by atoms with van der Waals surface area (Å²) in [6.45, 7) is 2.55. The molecule has 2 heterocycles. The maximum atomic E-state index is 14.3. The highest BCUT2D eigenvalue weighted by Crippen LogP contribution is 2.34. The summed E-state index contributed by atoms with van der Waals surface area (Å²) in [5, 5.41) is 2.61. The van der Waals surface area contributed by atoms with Crippen molar-refractivity contribution in [2.45, 2.75) is 38.3 Å². The van der Waals surface area contributed by atoms with E-state index in [1.807, 2.05) is 4.72 Å². The van der Waals surface area contributed by atoms with Gasteiger partial charge in [-0.1, -0.05) is 6.07 Å². The first-order chi connectivity index (χ1) is 15.3. The van der Waals surface area contributed by atoms with Crippen molar-refractivity contribution < 1.29 is 30.8 Å². The third kappa shape index (κ3) is 6.34. The Bertz CT molecular complexity index is 1130. The molecule has 0 aliphatic carbocycles. The number of nitrogens with zero attached hydrogens (tertiary/aromatic N) is 2. The van der Waals surface area contributed by atoms with E-state index >= 15 is 0 Å². The van der Waals surface area contributed by atoms with E-state index in [-0.39, 0.29) is 22.8 Å². The summed E-state index contributed by atoms with van der Waals surface area (Å²) in [5.41, 5.74) is -0.903. The number of carbonyl (C=O) groups excluding carboxylic acids is 1. The molecular formula is C21H24F4N4O3S. The predicted molar refractivity (Wildman–Crippen MR) is 117 cm³/mol. The fourth-order valence-electron chi connectivity index (χ4n) is 3.53. The van der Waals surface area contributed by atoms with E-state index < -0.39 is 39.5 Å². The second-order valence-corrected chi connectivity index (χ2v) is 9.69. The van der Waals surface area contributed by atoms with Crippen molar-refractivity contribution in [2.24, 2.45) is 0 Å². The Labute approximate surface area is 189 Å². The minimum absolute atomic E-state index is 0.0453. The molecule has 7 nitrogen and oxygen atoms in total. The van der Waals surface area contributed by atoms with Gasteiger partial charge in [0.2, 0.25) is 15.9 Å². The average Bonchev–Trinajstić information content (AvgIpc) is 2.74. The first-order valence-electron chi connectivity index (χ1n) is 10.3. The van der Waals surface area contributed by atoms with E-state index in [0.29, 0.717) is 13.1 Å². The number of aromatic nitrogens is 1. The quantitative estimate of drug-likeness (QED) is 0.591. The van der Waals surface area contributed by atoms with Crippen molar-refractivity contribution in [3.05, 3.63) is 47.4 Å². The molecule has 0 bridgehead atoms. The zero-order valence-corrected chi connectivity index (χ0v) is 18.9. The summed E-state index contributed by atoms with van der Waals surface area (Å²) >= 11 is 0. The minimum Gasteiger partial charge on any atom is -0.355 e. The molecule has 180 valence electrons. The Morgan fingerprint density at radius 1 is 1.09 bits per heavy atom. The van der Waals surface area contributed by atoms with Gasteiger partial charge in [-0.25, -0.2) is 17.8 Å². The van der Waals surface area contributed by atoms with Crippen molar-refractivity contribution in [3.63, 3.8) is 0 Å². The predicted octanol–water partition coefficient (Wildman–Crippen LogP) is 4.34. The molecule has 0 saturated carbocycles. The molecular weight excluding hydrogens is 464 g/mol. The van der Waals surface area contributed by atoms with Gasteiger partial charge in [-0.15, -0.1) is 0 Å². The Hall–Kier alpha value is -2.89. The fourth-order valence-corrected chi connectivity index (χ4v) is 4.09. The van der Waals surface area contributed by atoms with Crippen LogP contribution in [0.3, 0.4) is 0 Å². The molecule has 1 fully saturated rings. The highest BCUT2D eigenvalue weighted by molar-refractivity contribution is 7.92. The number of rotatable bonds is 6. The highest BCUT2D eigenvalue weighted by Gasteiger charge is 2.34. The lowest BCUT2D eigenvalue weighted by Gasteiger charge is -2.30. The molecule has 1 atom stereocenters. The summed E-state index contributed by atoms with van der Waals surface area (Å²) in [5.74, 6) is -2.26. The number of anilines is 3. The number of sulfonamides is 1. The molecule has 1 aliphatic heterocycles. The normalized spacial score (nSPS) is 15.8. The van der Waals surface area contributed by atoms with Gasteiger partial charge in [0.05, 0.1) is 23.5 Å². The summed E-state index contributed by atoms with van der Waals surface area (Å²) in [6.07, 6.45) is -1.18. The number of amides is 1. The Balaban J connectivity index is 1.85. The van der Waals surface area contributed by atoms with E-state index in [2.05, 4.69) is 10.3 Å².